The van der Waals surface area contributed by atoms with Crippen LogP contribution in [0.2, 0.25) is 0 Å². The Balaban J connectivity index is 1.75. The third kappa shape index (κ3) is 2.76. The van der Waals surface area contributed by atoms with Gasteiger partial charge in [0.05, 0.1) is 13.2 Å². The van der Waals surface area contributed by atoms with Crippen LogP contribution in [0.5, 0.6) is 0 Å². The molecule has 1 saturated heterocycles. The van der Waals surface area contributed by atoms with Crippen LogP contribution in [0, 0.1) is 13.8 Å². The van der Waals surface area contributed by atoms with Crippen molar-refractivity contribution in [2.75, 3.05) is 36.5 Å². The highest BCUT2D eigenvalue weighted by molar-refractivity contribution is 5.77. The van der Waals surface area contributed by atoms with Crippen molar-refractivity contribution in [1.29, 1.82) is 0 Å². The molecule has 3 aromatic rings. The Bertz CT molecular complexity index is 872. The molecule has 4 rings (SSSR count). The second-order valence-electron chi connectivity index (χ2n) is 5.83. The Hall–Kier alpha value is -2.74. The standard InChI is InChI=1S/C16H18N6O2/c1-10-3-4-12(9-11(10)2)17-15-16(22-5-7-23-8-6-22)19-14-13(18-15)20-24-21-14/h3-4,9H,5-8H2,1-2H3,(H,17,18,20). The number of rotatable bonds is 3. The molecule has 1 aromatic carbocycles. The highest BCUT2D eigenvalue weighted by Gasteiger charge is 2.20. The van der Waals surface area contributed by atoms with Gasteiger partial charge >= 0.3 is 0 Å². The lowest BCUT2D eigenvalue weighted by molar-refractivity contribution is 0.122. The number of benzene rings is 1. The third-order valence-corrected chi connectivity index (χ3v) is 4.18. The number of aromatic nitrogens is 4. The largest absolute Gasteiger partial charge is 0.378 e. The molecule has 3 heterocycles. The molecule has 124 valence electrons. The Morgan fingerprint density at radius 3 is 2.50 bits per heavy atom. The van der Waals surface area contributed by atoms with Crippen molar-refractivity contribution in [1.82, 2.24) is 20.3 Å². The number of aryl methyl sites for hydroxylation is 2. The van der Waals surface area contributed by atoms with E-state index in [-0.39, 0.29) is 0 Å². The van der Waals surface area contributed by atoms with Gasteiger partial charge < -0.3 is 15.0 Å². The van der Waals surface area contributed by atoms with Gasteiger partial charge in [0.2, 0.25) is 11.3 Å². The van der Waals surface area contributed by atoms with Crippen LogP contribution in [-0.4, -0.2) is 46.6 Å². The highest BCUT2D eigenvalue weighted by Crippen LogP contribution is 2.28. The molecule has 0 saturated carbocycles. The summed E-state index contributed by atoms with van der Waals surface area (Å²) in [7, 11) is 0. The second kappa shape index (κ2) is 6.04. The van der Waals surface area contributed by atoms with Crippen molar-refractivity contribution >= 4 is 28.6 Å². The van der Waals surface area contributed by atoms with Crippen molar-refractivity contribution in [3.8, 4) is 0 Å². The molecule has 8 heteroatoms. The molecule has 8 nitrogen and oxygen atoms in total. The molecule has 1 N–H and O–H groups in total. The summed E-state index contributed by atoms with van der Waals surface area (Å²) in [6.45, 7) is 7.02. The average Bonchev–Trinajstić information content (AvgIpc) is 3.05. The molecular weight excluding hydrogens is 308 g/mol. The predicted octanol–water partition coefficient (Wildman–Crippen LogP) is 2.21. The quantitative estimate of drug-likeness (QED) is 0.783. The first kappa shape index (κ1) is 14.8. The SMILES string of the molecule is Cc1ccc(Nc2nc3nonc3nc2N2CCOCC2)cc1C. The van der Waals surface area contributed by atoms with E-state index in [9.17, 15) is 0 Å². The van der Waals surface area contributed by atoms with Gasteiger partial charge in [-0.2, -0.15) is 0 Å². The zero-order valence-corrected chi connectivity index (χ0v) is 13.6. The summed E-state index contributed by atoms with van der Waals surface area (Å²) >= 11 is 0. The Morgan fingerprint density at radius 2 is 1.75 bits per heavy atom. The highest BCUT2D eigenvalue weighted by atomic mass is 16.6. The number of hydrogen-bond donors (Lipinski definition) is 1. The predicted molar refractivity (Wildman–Crippen MR) is 89.6 cm³/mol. The molecule has 2 aromatic heterocycles. The lowest BCUT2D eigenvalue weighted by Crippen LogP contribution is -2.37. The van der Waals surface area contributed by atoms with Gasteiger partial charge in [-0.1, -0.05) is 6.07 Å². The van der Waals surface area contributed by atoms with Crippen LogP contribution in [0.3, 0.4) is 0 Å². The zero-order chi connectivity index (χ0) is 16.5. The van der Waals surface area contributed by atoms with Crippen molar-refractivity contribution in [3.05, 3.63) is 29.3 Å². The van der Waals surface area contributed by atoms with Gasteiger partial charge in [0.1, 0.15) is 0 Å². The van der Waals surface area contributed by atoms with Crippen LogP contribution in [0.15, 0.2) is 22.8 Å². The molecule has 0 unspecified atom stereocenters. The van der Waals surface area contributed by atoms with Crippen LogP contribution in [0.1, 0.15) is 11.1 Å². The Labute approximate surface area is 138 Å². The number of fused-ring (bicyclic) bond motifs is 1. The van der Waals surface area contributed by atoms with Crippen LogP contribution < -0.4 is 10.2 Å². The number of hydrogen-bond acceptors (Lipinski definition) is 8. The van der Waals surface area contributed by atoms with Crippen LogP contribution in [-0.2, 0) is 4.74 Å². The van der Waals surface area contributed by atoms with Gasteiger partial charge in [0.25, 0.3) is 0 Å². The lowest BCUT2D eigenvalue weighted by Gasteiger charge is -2.28. The fourth-order valence-electron chi connectivity index (χ4n) is 2.66. The molecule has 24 heavy (non-hydrogen) atoms. The first-order valence-electron chi connectivity index (χ1n) is 7.88. The van der Waals surface area contributed by atoms with Gasteiger partial charge in [0.15, 0.2) is 11.6 Å². The fraction of sp³-hybridized carbons (Fsp3) is 0.375. The van der Waals surface area contributed by atoms with E-state index in [1.165, 1.54) is 11.1 Å². The first-order chi connectivity index (χ1) is 11.7. The molecule has 0 aliphatic carbocycles. The average molecular weight is 326 g/mol. The number of nitrogens with zero attached hydrogens (tertiary/aromatic N) is 5. The maximum absolute atomic E-state index is 5.42. The molecule has 0 amide bonds. The van der Waals surface area contributed by atoms with E-state index >= 15 is 0 Å². The van der Waals surface area contributed by atoms with Crippen LogP contribution in [0.25, 0.3) is 11.3 Å². The number of ether oxygens (including phenoxy) is 1. The molecule has 0 radical (unpaired) electrons. The summed E-state index contributed by atoms with van der Waals surface area (Å²) in [4.78, 5) is 11.2. The van der Waals surface area contributed by atoms with Gasteiger partial charge in [-0.3, -0.25) is 0 Å². The number of morpholine rings is 1. The summed E-state index contributed by atoms with van der Waals surface area (Å²) in [6, 6.07) is 6.19. The van der Waals surface area contributed by atoms with Crippen molar-refractivity contribution in [3.63, 3.8) is 0 Å². The van der Waals surface area contributed by atoms with Crippen LogP contribution in [0.4, 0.5) is 17.3 Å². The van der Waals surface area contributed by atoms with Crippen molar-refractivity contribution < 1.29 is 9.37 Å². The Kier molecular flexibility index (Phi) is 3.73. The maximum atomic E-state index is 5.42. The summed E-state index contributed by atoms with van der Waals surface area (Å²) in [5, 5.41) is 11.0. The van der Waals surface area contributed by atoms with Gasteiger partial charge in [-0.25, -0.2) is 14.6 Å². The molecule has 0 spiro atoms. The minimum Gasteiger partial charge on any atom is -0.378 e. The van der Waals surface area contributed by atoms with Gasteiger partial charge in [0, 0.05) is 18.8 Å². The van der Waals surface area contributed by atoms with E-state index in [4.69, 9.17) is 9.37 Å². The minimum absolute atomic E-state index is 0.387. The first-order valence-corrected chi connectivity index (χ1v) is 7.88. The van der Waals surface area contributed by atoms with Crippen LogP contribution >= 0.6 is 0 Å². The molecular formula is C16H18N6O2. The van der Waals surface area contributed by atoms with E-state index < -0.39 is 0 Å². The molecule has 0 bridgehead atoms. The van der Waals surface area contributed by atoms with Crippen molar-refractivity contribution in [2.45, 2.75) is 13.8 Å². The summed E-state index contributed by atoms with van der Waals surface area (Å²) < 4.78 is 10.2. The number of anilines is 3. The summed E-state index contributed by atoms with van der Waals surface area (Å²) in [6.07, 6.45) is 0. The van der Waals surface area contributed by atoms with Crippen molar-refractivity contribution in [2.24, 2.45) is 0 Å². The smallest absolute Gasteiger partial charge is 0.245 e. The van der Waals surface area contributed by atoms with E-state index in [2.05, 4.69) is 56.5 Å². The Morgan fingerprint density at radius 1 is 1.00 bits per heavy atom. The minimum atomic E-state index is 0.387. The van der Waals surface area contributed by atoms with E-state index in [1.807, 2.05) is 6.07 Å². The summed E-state index contributed by atoms with van der Waals surface area (Å²) in [5.74, 6) is 1.38. The normalized spacial score (nSPS) is 15.0. The van der Waals surface area contributed by atoms with E-state index in [1.54, 1.807) is 0 Å². The third-order valence-electron chi connectivity index (χ3n) is 4.18. The lowest BCUT2D eigenvalue weighted by atomic mass is 10.1. The van der Waals surface area contributed by atoms with E-state index in [0.717, 1.165) is 24.6 Å². The maximum Gasteiger partial charge on any atom is 0.245 e. The molecule has 1 aliphatic rings. The molecule has 1 aliphatic heterocycles. The number of nitrogens with one attached hydrogen (secondary N) is 1. The second-order valence-corrected chi connectivity index (χ2v) is 5.83. The fourth-order valence-corrected chi connectivity index (χ4v) is 2.66. The van der Waals surface area contributed by atoms with Gasteiger partial charge in [-0.05, 0) is 47.4 Å². The summed E-state index contributed by atoms with van der Waals surface area (Å²) in [5.41, 5.74) is 4.21. The molecule has 0 atom stereocenters. The topological polar surface area (TPSA) is 89.2 Å². The van der Waals surface area contributed by atoms with Gasteiger partial charge in [-0.15, -0.1) is 0 Å². The molecule has 1 fully saturated rings. The monoisotopic (exact) mass is 326 g/mol. The zero-order valence-electron chi connectivity index (χ0n) is 13.6. The van der Waals surface area contributed by atoms with E-state index in [0.29, 0.717) is 30.3 Å².